The Balaban J connectivity index is 2.17. The van der Waals surface area contributed by atoms with Crippen LogP contribution in [0.4, 0.5) is 0 Å². The number of rotatable bonds is 5. The van der Waals surface area contributed by atoms with E-state index in [0.29, 0.717) is 17.7 Å². The van der Waals surface area contributed by atoms with E-state index in [-0.39, 0.29) is 5.97 Å². The van der Waals surface area contributed by atoms with Gasteiger partial charge in [-0.15, -0.1) is 0 Å². The van der Waals surface area contributed by atoms with Gasteiger partial charge in [-0.2, -0.15) is 0 Å². The van der Waals surface area contributed by atoms with Crippen molar-refractivity contribution in [2.45, 2.75) is 51.1 Å². The van der Waals surface area contributed by atoms with Gasteiger partial charge in [0.15, 0.2) is 0 Å². The maximum Gasteiger partial charge on any atom is 0.327 e. The summed E-state index contributed by atoms with van der Waals surface area (Å²) >= 11 is 9.45. The van der Waals surface area contributed by atoms with Gasteiger partial charge in [-0.25, -0.2) is 4.79 Å². The first-order chi connectivity index (χ1) is 10.1. The standard InChI is InChI=1S/C16H21BrClNO2/c1-2-21-16(20)15(19-12-6-4-3-5-7-12)11-8-9-14(18)13(17)10-11/h8-10,12,15,19H,2-7H2,1H3. The summed E-state index contributed by atoms with van der Waals surface area (Å²) in [4.78, 5) is 12.3. The SMILES string of the molecule is CCOC(=O)C(NC1CCCCC1)c1ccc(Cl)c(Br)c1. The van der Waals surface area contributed by atoms with Gasteiger partial charge in [-0.3, -0.25) is 5.32 Å². The summed E-state index contributed by atoms with van der Waals surface area (Å²) in [6.45, 7) is 2.21. The van der Waals surface area contributed by atoms with E-state index < -0.39 is 6.04 Å². The monoisotopic (exact) mass is 373 g/mol. The minimum Gasteiger partial charge on any atom is -0.465 e. The number of esters is 1. The number of carbonyl (C=O) groups is 1. The van der Waals surface area contributed by atoms with Crippen LogP contribution in [-0.4, -0.2) is 18.6 Å². The molecule has 0 spiro atoms. The number of hydrogen-bond donors (Lipinski definition) is 1. The van der Waals surface area contributed by atoms with Crippen molar-refractivity contribution in [2.75, 3.05) is 6.61 Å². The summed E-state index contributed by atoms with van der Waals surface area (Å²) in [6, 6.07) is 5.52. The van der Waals surface area contributed by atoms with Gasteiger partial charge in [0.25, 0.3) is 0 Å². The third kappa shape index (κ3) is 4.70. The summed E-state index contributed by atoms with van der Waals surface area (Å²) in [5.74, 6) is -0.225. The molecule has 0 heterocycles. The van der Waals surface area contributed by atoms with Crippen LogP contribution >= 0.6 is 27.5 Å². The average molecular weight is 375 g/mol. The van der Waals surface area contributed by atoms with Gasteiger partial charge in [-0.05, 0) is 53.4 Å². The molecular weight excluding hydrogens is 354 g/mol. The molecule has 0 saturated heterocycles. The summed E-state index contributed by atoms with van der Waals surface area (Å²) in [7, 11) is 0. The van der Waals surface area contributed by atoms with E-state index >= 15 is 0 Å². The zero-order valence-corrected chi connectivity index (χ0v) is 14.5. The van der Waals surface area contributed by atoms with Crippen molar-refractivity contribution in [1.82, 2.24) is 5.32 Å². The molecule has 1 aromatic carbocycles. The number of benzene rings is 1. The van der Waals surface area contributed by atoms with E-state index in [9.17, 15) is 4.79 Å². The van der Waals surface area contributed by atoms with Crippen molar-refractivity contribution in [3.63, 3.8) is 0 Å². The van der Waals surface area contributed by atoms with Gasteiger partial charge in [-0.1, -0.05) is 36.9 Å². The fraction of sp³-hybridized carbons (Fsp3) is 0.562. The van der Waals surface area contributed by atoms with E-state index in [4.69, 9.17) is 16.3 Å². The molecule has 1 aromatic rings. The number of hydrogen-bond acceptors (Lipinski definition) is 3. The van der Waals surface area contributed by atoms with Crippen LogP contribution < -0.4 is 5.32 Å². The molecule has 0 bridgehead atoms. The lowest BCUT2D eigenvalue weighted by atomic mass is 9.94. The topological polar surface area (TPSA) is 38.3 Å². The van der Waals surface area contributed by atoms with Gasteiger partial charge in [0.1, 0.15) is 6.04 Å². The van der Waals surface area contributed by atoms with E-state index in [1.54, 1.807) is 6.07 Å². The first-order valence-electron chi connectivity index (χ1n) is 7.49. The van der Waals surface area contributed by atoms with Crippen molar-refractivity contribution in [2.24, 2.45) is 0 Å². The maximum absolute atomic E-state index is 12.3. The van der Waals surface area contributed by atoms with Crippen LogP contribution in [0.5, 0.6) is 0 Å². The largest absolute Gasteiger partial charge is 0.465 e. The molecule has 0 radical (unpaired) electrons. The van der Waals surface area contributed by atoms with Crippen LogP contribution in [-0.2, 0) is 9.53 Å². The van der Waals surface area contributed by atoms with Crippen molar-refractivity contribution in [3.8, 4) is 0 Å². The van der Waals surface area contributed by atoms with Gasteiger partial charge in [0, 0.05) is 10.5 Å². The molecular formula is C16H21BrClNO2. The highest BCUT2D eigenvalue weighted by atomic mass is 79.9. The van der Waals surface area contributed by atoms with Crippen LogP contribution in [0, 0.1) is 0 Å². The van der Waals surface area contributed by atoms with Gasteiger partial charge < -0.3 is 4.74 Å². The molecule has 1 saturated carbocycles. The smallest absolute Gasteiger partial charge is 0.327 e. The molecule has 21 heavy (non-hydrogen) atoms. The molecule has 5 heteroatoms. The Morgan fingerprint density at radius 2 is 2.14 bits per heavy atom. The number of nitrogens with one attached hydrogen (secondary N) is 1. The van der Waals surface area contributed by atoms with Crippen LogP contribution in [0.3, 0.4) is 0 Å². The lowest BCUT2D eigenvalue weighted by Gasteiger charge is -2.27. The third-order valence-corrected chi connectivity index (χ3v) is 5.02. The second-order valence-electron chi connectivity index (χ2n) is 5.36. The predicted octanol–water partition coefficient (Wildman–Crippen LogP) is 4.63. The predicted molar refractivity (Wildman–Crippen MR) is 88.5 cm³/mol. The first-order valence-corrected chi connectivity index (χ1v) is 8.66. The summed E-state index contributed by atoms with van der Waals surface area (Å²) in [5, 5.41) is 4.10. The van der Waals surface area contributed by atoms with Crippen molar-refractivity contribution in [3.05, 3.63) is 33.3 Å². The highest BCUT2D eigenvalue weighted by Gasteiger charge is 2.26. The third-order valence-electron chi connectivity index (χ3n) is 3.81. The Labute approximate surface area is 139 Å². The van der Waals surface area contributed by atoms with Crippen LogP contribution in [0.1, 0.15) is 50.6 Å². The lowest BCUT2D eigenvalue weighted by Crippen LogP contribution is -2.39. The number of ether oxygens (including phenoxy) is 1. The van der Waals surface area contributed by atoms with Gasteiger partial charge in [0.05, 0.1) is 11.6 Å². The molecule has 2 rings (SSSR count). The summed E-state index contributed by atoms with van der Waals surface area (Å²) in [5.41, 5.74) is 0.885. The minimum atomic E-state index is -0.429. The molecule has 0 aromatic heterocycles. The first kappa shape index (κ1) is 16.8. The van der Waals surface area contributed by atoms with Crippen LogP contribution in [0.2, 0.25) is 5.02 Å². The van der Waals surface area contributed by atoms with Gasteiger partial charge in [0.2, 0.25) is 0 Å². The summed E-state index contributed by atoms with van der Waals surface area (Å²) in [6.07, 6.45) is 5.96. The van der Waals surface area contributed by atoms with E-state index in [1.807, 2.05) is 19.1 Å². The minimum absolute atomic E-state index is 0.225. The van der Waals surface area contributed by atoms with Gasteiger partial charge >= 0.3 is 5.97 Å². The highest BCUT2D eigenvalue weighted by molar-refractivity contribution is 9.10. The number of halogens is 2. The number of carbonyl (C=O) groups excluding carboxylic acids is 1. The molecule has 0 aliphatic heterocycles. The Morgan fingerprint density at radius 3 is 2.76 bits per heavy atom. The zero-order chi connectivity index (χ0) is 15.2. The second-order valence-corrected chi connectivity index (χ2v) is 6.62. The quantitative estimate of drug-likeness (QED) is 0.764. The van der Waals surface area contributed by atoms with E-state index in [2.05, 4.69) is 21.2 Å². The van der Waals surface area contributed by atoms with Crippen LogP contribution in [0.25, 0.3) is 0 Å². The van der Waals surface area contributed by atoms with Crippen molar-refractivity contribution < 1.29 is 9.53 Å². The lowest BCUT2D eigenvalue weighted by molar-refractivity contribution is -0.146. The molecule has 1 N–H and O–H groups in total. The fourth-order valence-corrected chi connectivity index (χ4v) is 3.24. The zero-order valence-electron chi connectivity index (χ0n) is 12.2. The van der Waals surface area contributed by atoms with Crippen LogP contribution in [0.15, 0.2) is 22.7 Å². The molecule has 1 atom stereocenters. The fourth-order valence-electron chi connectivity index (χ4n) is 2.72. The van der Waals surface area contributed by atoms with E-state index in [1.165, 1.54) is 19.3 Å². The Kier molecular flexibility index (Phi) is 6.52. The molecule has 1 fully saturated rings. The molecule has 1 unspecified atom stereocenters. The summed E-state index contributed by atoms with van der Waals surface area (Å²) < 4.78 is 6.01. The normalized spacial score (nSPS) is 17.5. The van der Waals surface area contributed by atoms with E-state index in [0.717, 1.165) is 22.9 Å². The molecule has 116 valence electrons. The maximum atomic E-state index is 12.3. The van der Waals surface area contributed by atoms with Crippen molar-refractivity contribution >= 4 is 33.5 Å². The second kappa shape index (κ2) is 8.16. The highest BCUT2D eigenvalue weighted by Crippen LogP contribution is 2.28. The molecule has 0 amide bonds. The Bertz CT molecular complexity index is 489. The molecule has 3 nitrogen and oxygen atoms in total. The molecule has 1 aliphatic rings. The Morgan fingerprint density at radius 1 is 1.43 bits per heavy atom. The van der Waals surface area contributed by atoms with Crippen molar-refractivity contribution in [1.29, 1.82) is 0 Å². The molecule has 1 aliphatic carbocycles. The Hall–Kier alpha value is -0.580. The average Bonchev–Trinajstić information content (AvgIpc) is 2.49.